The van der Waals surface area contributed by atoms with Gasteiger partial charge >= 0.3 is 5.97 Å². The minimum Gasteiger partial charge on any atom is -0.481 e. The highest BCUT2D eigenvalue weighted by atomic mass is 19.1. The molecule has 2 aromatic carbocycles. The number of benzene rings is 2. The van der Waals surface area contributed by atoms with E-state index >= 15 is 0 Å². The molecule has 33 heavy (non-hydrogen) atoms. The third-order valence-electron chi connectivity index (χ3n) is 4.91. The van der Waals surface area contributed by atoms with Gasteiger partial charge in [0.15, 0.2) is 0 Å². The molecule has 0 fully saturated rings. The number of pyridine rings is 1. The lowest BCUT2D eigenvalue weighted by Crippen LogP contribution is -2.26. The van der Waals surface area contributed by atoms with Crippen molar-refractivity contribution in [1.82, 2.24) is 10.3 Å². The molecule has 0 bridgehead atoms. The molecule has 0 atom stereocenters. The standard InChI is InChI=1S/C25H23FN4O3/c26-19-7-3-5-17(15-19)12-14-28-24-21(25(33)29-13-4-9-23(31)32)10-11-22(30-24)20-8-2-1-6-18(20)16-27/h1-3,5-8,10-11,15H,4,9,12-14H2,(H,28,30)(H,29,33)(H,31,32). The van der Waals surface area contributed by atoms with Crippen LogP contribution in [0.3, 0.4) is 0 Å². The maximum atomic E-state index is 13.4. The van der Waals surface area contributed by atoms with Gasteiger partial charge in [0.05, 0.1) is 22.9 Å². The summed E-state index contributed by atoms with van der Waals surface area (Å²) in [6, 6.07) is 18.7. The lowest BCUT2D eigenvalue weighted by Gasteiger charge is -2.14. The van der Waals surface area contributed by atoms with Crippen molar-refractivity contribution in [2.24, 2.45) is 0 Å². The highest BCUT2D eigenvalue weighted by Gasteiger charge is 2.15. The maximum absolute atomic E-state index is 13.4. The largest absolute Gasteiger partial charge is 0.481 e. The number of aliphatic carboxylic acids is 1. The van der Waals surface area contributed by atoms with E-state index in [4.69, 9.17) is 5.11 Å². The third kappa shape index (κ3) is 6.61. The Morgan fingerprint density at radius 2 is 1.88 bits per heavy atom. The highest BCUT2D eigenvalue weighted by molar-refractivity contribution is 5.99. The van der Waals surface area contributed by atoms with Crippen molar-refractivity contribution in [2.75, 3.05) is 18.4 Å². The fourth-order valence-electron chi connectivity index (χ4n) is 3.29. The van der Waals surface area contributed by atoms with Gasteiger partial charge < -0.3 is 15.7 Å². The molecule has 1 amide bonds. The Labute approximate surface area is 190 Å². The van der Waals surface area contributed by atoms with Gasteiger partial charge in [0.25, 0.3) is 5.91 Å². The zero-order chi connectivity index (χ0) is 23.6. The molecule has 3 rings (SSSR count). The molecule has 0 saturated carbocycles. The van der Waals surface area contributed by atoms with Crippen LogP contribution in [0.4, 0.5) is 10.2 Å². The van der Waals surface area contributed by atoms with Gasteiger partial charge in [0.1, 0.15) is 11.6 Å². The average Bonchev–Trinajstić information content (AvgIpc) is 2.81. The number of carboxylic acids is 1. The van der Waals surface area contributed by atoms with E-state index in [1.807, 2.05) is 6.07 Å². The Morgan fingerprint density at radius 3 is 2.64 bits per heavy atom. The van der Waals surface area contributed by atoms with Crippen molar-refractivity contribution >= 4 is 17.7 Å². The first kappa shape index (κ1) is 23.4. The maximum Gasteiger partial charge on any atom is 0.303 e. The molecular formula is C25H23FN4O3. The number of carbonyl (C=O) groups excluding carboxylic acids is 1. The summed E-state index contributed by atoms with van der Waals surface area (Å²) in [5, 5.41) is 24.0. The minimum absolute atomic E-state index is 0.0405. The molecule has 0 aliphatic heterocycles. The Bertz CT molecular complexity index is 1190. The number of halogens is 1. The molecule has 3 N–H and O–H groups in total. The minimum atomic E-state index is -0.925. The lowest BCUT2D eigenvalue weighted by atomic mass is 10.0. The number of hydrogen-bond donors (Lipinski definition) is 3. The van der Waals surface area contributed by atoms with Gasteiger partial charge in [-0.25, -0.2) is 9.37 Å². The number of anilines is 1. The molecule has 0 aliphatic rings. The van der Waals surface area contributed by atoms with Crippen molar-refractivity contribution in [3.8, 4) is 17.3 Å². The molecule has 1 aromatic heterocycles. The zero-order valence-electron chi connectivity index (χ0n) is 17.8. The van der Waals surface area contributed by atoms with Crippen LogP contribution in [-0.2, 0) is 11.2 Å². The number of nitriles is 1. The first-order valence-electron chi connectivity index (χ1n) is 10.5. The number of nitrogens with zero attached hydrogens (tertiary/aromatic N) is 2. The van der Waals surface area contributed by atoms with Crippen LogP contribution in [0.1, 0.15) is 34.3 Å². The molecule has 3 aromatic rings. The van der Waals surface area contributed by atoms with Gasteiger partial charge in [-0.05, 0) is 48.7 Å². The molecular weight excluding hydrogens is 423 g/mol. The first-order valence-corrected chi connectivity index (χ1v) is 10.5. The SMILES string of the molecule is N#Cc1ccccc1-c1ccc(C(=O)NCCCC(=O)O)c(NCCc2cccc(F)c2)n1. The Morgan fingerprint density at radius 1 is 1.06 bits per heavy atom. The third-order valence-corrected chi connectivity index (χ3v) is 4.91. The summed E-state index contributed by atoms with van der Waals surface area (Å²) in [5.74, 6) is -1.30. The van der Waals surface area contributed by atoms with Crippen molar-refractivity contribution in [3.63, 3.8) is 0 Å². The van der Waals surface area contributed by atoms with Crippen molar-refractivity contribution in [1.29, 1.82) is 5.26 Å². The molecule has 1 heterocycles. The molecule has 0 spiro atoms. The van der Waals surface area contributed by atoms with Gasteiger partial charge in [-0.3, -0.25) is 9.59 Å². The van der Waals surface area contributed by atoms with Gasteiger partial charge in [0.2, 0.25) is 0 Å². The van der Waals surface area contributed by atoms with E-state index in [9.17, 15) is 19.2 Å². The summed E-state index contributed by atoms with van der Waals surface area (Å²) in [5.41, 5.74) is 2.72. The molecule has 8 heteroatoms. The van der Waals surface area contributed by atoms with E-state index in [1.165, 1.54) is 12.1 Å². The first-order chi connectivity index (χ1) is 16.0. The summed E-state index contributed by atoms with van der Waals surface area (Å²) in [7, 11) is 0. The summed E-state index contributed by atoms with van der Waals surface area (Å²) in [6.07, 6.45) is 0.781. The van der Waals surface area contributed by atoms with Gasteiger partial charge in [-0.1, -0.05) is 30.3 Å². The number of carboxylic acid groups (broad SMARTS) is 1. The quantitative estimate of drug-likeness (QED) is 0.406. The van der Waals surface area contributed by atoms with E-state index in [-0.39, 0.29) is 24.7 Å². The van der Waals surface area contributed by atoms with Crippen LogP contribution in [0, 0.1) is 17.1 Å². The van der Waals surface area contributed by atoms with E-state index in [2.05, 4.69) is 21.7 Å². The van der Waals surface area contributed by atoms with E-state index in [0.29, 0.717) is 47.6 Å². The van der Waals surface area contributed by atoms with Crippen molar-refractivity contribution in [3.05, 3.63) is 83.2 Å². The Kier molecular flexibility index (Phi) is 8.08. The topological polar surface area (TPSA) is 115 Å². The second-order valence-corrected chi connectivity index (χ2v) is 7.31. The molecule has 0 radical (unpaired) electrons. The molecule has 0 aliphatic carbocycles. The second-order valence-electron chi connectivity index (χ2n) is 7.31. The number of rotatable bonds is 10. The summed E-state index contributed by atoms with van der Waals surface area (Å²) in [4.78, 5) is 28.0. The predicted octanol–water partition coefficient (Wildman–Crippen LogP) is 4.01. The van der Waals surface area contributed by atoms with Gasteiger partial charge in [-0.15, -0.1) is 0 Å². The fraction of sp³-hybridized carbons (Fsp3) is 0.200. The van der Waals surface area contributed by atoms with Crippen molar-refractivity contribution < 1.29 is 19.1 Å². The fourth-order valence-corrected chi connectivity index (χ4v) is 3.29. The number of carbonyl (C=O) groups is 2. The van der Waals surface area contributed by atoms with Gasteiger partial charge in [-0.2, -0.15) is 5.26 Å². The Balaban J connectivity index is 1.82. The number of nitrogens with one attached hydrogen (secondary N) is 2. The summed E-state index contributed by atoms with van der Waals surface area (Å²) < 4.78 is 13.4. The van der Waals surface area contributed by atoms with Crippen LogP contribution < -0.4 is 10.6 Å². The van der Waals surface area contributed by atoms with Crippen LogP contribution in [0.5, 0.6) is 0 Å². The van der Waals surface area contributed by atoms with Crippen molar-refractivity contribution in [2.45, 2.75) is 19.3 Å². The van der Waals surface area contributed by atoms with E-state index in [1.54, 1.807) is 42.5 Å². The number of hydrogen-bond acceptors (Lipinski definition) is 5. The van der Waals surface area contributed by atoms with E-state index in [0.717, 1.165) is 5.56 Å². The summed E-state index contributed by atoms with van der Waals surface area (Å²) >= 11 is 0. The molecule has 0 saturated heterocycles. The van der Waals surface area contributed by atoms with Crippen LogP contribution in [0.25, 0.3) is 11.3 Å². The van der Waals surface area contributed by atoms with Crippen LogP contribution >= 0.6 is 0 Å². The second kappa shape index (κ2) is 11.4. The van der Waals surface area contributed by atoms with Crippen LogP contribution in [0.2, 0.25) is 0 Å². The zero-order valence-corrected chi connectivity index (χ0v) is 17.8. The molecule has 168 valence electrons. The van der Waals surface area contributed by atoms with Crippen LogP contribution in [0.15, 0.2) is 60.7 Å². The Hall–Kier alpha value is -4.25. The normalized spacial score (nSPS) is 10.3. The van der Waals surface area contributed by atoms with E-state index < -0.39 is 5.97 Å². The lowest BCUT2D eigenvalue weighted by molar-refractivity contribution is -0.137. The number of aromatic nitrogens is 1. The molecule has 7 nitrogen and oxygen atoms in total. The summed E-state index contributed by atoms with van der Waals surface area (Å²) in [6.45, 7) is 0.617. The highest BCUT2D eigenvalue weighted by Crippen LogP contribution is 2.25. The van der Waals surface area contributed by atoms with Crippen LogP contribution in [-0.4, -0.2) is 35.1 Å². The molecule has 0 unspecified atom stereocenters. The smallest absolute Gasteiger partial charge is 0.303 e. The average molecular weight is 446 g/mol. The number of amides is 1. The monoisotopic (exact) mass is 446 g/mol. The predicted molar refractivity (Wildman–Crippen MR) is 122 cm³/mol. The van der Waals surface area contributed by atoms with Gasteiger partial charge in [0, 0.05) is 25.1 Å².